The lowest BCUT2D eigenvalue weighted by atomic mass is 10.1. The molecule has 0 aliphatic rings. The van der Waals surface area contributed by atoms with Crippen molar-refractivity contribution in [1.82, 2.24) is 4.98 Å². The normalized spacial score (nSPS) is 10.4. The van der Waals surface area contributed by atoms with E-state index >= 15 is 0 Å². The van der Waals surface area contributed by atoms with Crippen LogP contribution < -0.4 is 10.6 Å². The summed E-state index contributed by atoms with van der Waals surface area (Å²) < 4.78 is 26.3. The highest BCUT2D eigenvalue weighted by atomic mass is 35.5. The number of halogens is 3. The predicted octanol–water partition coefficient (Wildman–Crippen LogP) is 4.94. The van der Waals surface area contributed by atoms with Crippen molar-refractivity contribution in [1.29, 1.82) is 0 Å². The molecule has 1 amide bonds. The zero-order valence-electron chi connectivity index (χ0n) is 13.5. The Bertz CT molecular complexity index is 932. The lowest BCUT2D eigenvalue weighted by Gasteiger charge is -2.08. The molecule has 3 aromatic rings. The number of carbonyl (C=O) groups excluding carboxylic acids is 1. The van der Waals surface area contributed by atoms with E-state index in [1.807, 2.05) is 0 Å². The Morgan fingerprint density at radius 2 is 1.85 bits per heavy atom. The number of aromatic nitrogens is 1. The van der Waals surface area contributed by atoms with Gasteiger partial charge in [-0.3, -0.25) is 4.79 Å². The quantitative estimate of drug-likeness (QED) is 0.666. The maximum atomic E-state index is 13.2. The standard InChI is InChI=1S/C19H14ClF2N3O/c20-16-10-14(4-6-17(16)22)24-18-7-5-15(11-23-18)25-19(26)9-12-2-1-3-13(21)8-12/h1-8,10-11H,9H2,(H,23,24)(H,25,26). The Morgan fingerprint density at radius 3 is 2.54 bits per heavy atom. The lowest BCUT2D eigenvalue weighted by Crippen LogP contribution is -2.14. The highest BCUT2D eigenvalue weighted by Crippen LogP contribution is 2.22. The van der Waals surface area contributed by atoms with Gasteiger partial charge in [0.2, 0.25) is 5.91 Å². The Labute approximate surface area is 153 Å². The number of hydrogen-bond acceptors (Lipinski definition) is 3. The fourth-order valence-electron chi connectivity index (χ4n) is 2.30. The number of carbonyl (C=O) groups is 1. The van der Waals surface area contributed by atoms with Gasteiger partial charge < -0.3 is 10.6 Å². The number of nitrogens with one attached hydrogen (secondary N) is 2. The molecule has 2 aromatic carbocycles. The van der Waals surface area contributed by atoms with Crippen molar-refractivity contribution in [2.45, 2.75) is 6.42 Å². The van der Waals surface area contributed by atoms with E-state index in [-0.39, 0.29) is 23.2 Å². The van der Waals surface area contributed by atoms with Crippen molar-refractivity contribution in [2.24, 2.45) is 0 Å². The molecule has 0 spiro atoms. The molecule has 1 aromatic heterocycles. The van der Waals surface area contributed by atoms with Gasteiger partial charge in [-0.1, -0.05) is 23.7 Å². The summed E-state index contributed by atoms with van der Waals surface area (Å²) in [5.74, 6) is -0.644. The first kappa shape index (κ1) is 17.8. The maximum absolute atomic E-state index is 13.2. The minimum Gasteiger partial charge on any atom is -0.340 e. The lowest BCUT2D eigenvalue weighted by molar-refractivity contribution is -0.115. The van der Waals surface area contributed by atoms with E-state index in [1.165, 1.54) is 36.5 Å². The van der Waals surface area contributed by atoms with Crippen LogP contribution >= 0.6 is 11.6 Å². The van der Waals surface area contributed by atoms with Crippen LogP contribution in [0.5, 0.6) is 0 Å². The van der Waals surface area contributed by atoms with E-state index in [2.05, 4.69) is 15.6 Å². The summed E-state index contributed by atoms with van der Waals surface area (Å²) in [6, 6.07) is 13.5. The third kappa shape index (κ3) is 4.77. The largest absolute Gasteiger partial charge is 0.340 e. The van der Waals surface area contributed by atoms with Crippen LogP contribution in [0.1, 0.15) is 5.56 Å². The molecular weight excluding hydrogens is 360 g/mol. The van der Waals surface area contributed by atoms with Crippen molar-refractivity contribution in [3.05, 3.63) is 83.0 Å². The second kappa shape index (κ2) is 7.93. The predicted molar refractivity (Wildman–Crippen MR) is 97.7 cm³/mol. The van der Waals surface area contributed by atoms with Crippen LogP contribution in [0, 0.1) is 11.6 Å². The van der Waals surface area contributed by atoms with Gasteiger partial charge in [0.25, 0.3) is 0 Å². The number of hydrogen-bond donors (Lipinski definition) is 2. The third-order valence-corrected chi connectivity index (χ3v) is 3.78. The van der Waals surface area contributed by atoms with Crippen molar-refractivity contribution >= 4 is 34.7 Å². The van der Waals surface area contributed by atoms with Gasteiger partial charge >= 0.3 is 0 Å². The number of amides is 1. The number of nitrogens with zero attached hydrogens (tertiary/aromatic N) is 1. The third-order valence-electron chi connectivity index (χ3n) is 3.49. The Kier molecular flexibility index (Phi) is 5.43. The summed E-state index contributed by atoms with van der Waals surface area (Å²) in [6.07, 6.45) is 1.54. The number of pyridine rings is 1. The number of anilines is 3. The molecule has 0 aliphatic heterocycles. The van der Waals surface area contributed by atoms with Crippen LogP contribution in [0.15, 0.2) is 60.8 Å². The van der Waals surface area contributed by atoms with E-state index in [4.69, 9.17) is 11.6 Å². The minimum atomic E-state index is -0.499. The van der Waals surface area contributed by atoms with Gasteiger partial charge in [-0.15, -0.1) is 0 Å². The van der Waals surface area contributed by atoms with E-state index in [0.717, 1.165) is 0 Å². The molecule has 0 atom stereocenters. The fraction of sp³-hybridized carbons (Fsp3) is 0.0526. The molecule has 0 fully saturated rings. The highest BCUT2D eigenvalue weighted by Gasteiger charge is 2.06. The molecule has 26 heavy (non-hydrogen) atoms. The first-order valence-electron chi connectivity index (χ1n) is 7.72. The summed E-state index contributed by atoms with van der Waals surface area (Å²) >= 11 is 5.73. The van der Waals surface area contributed by atoms with Gasteiger partial charge in [-0.2, -0.15) is 0 Å². The van der Waals surface area contributed by atoms with Crippen LogP contribution in [0.4, 0.5) is 26.0 Å². The second-order valence-electron chi connectivity index (χ2n) is 5.54. The Morgan fingerprint density at radius 1 is 1.04 bits per heavy atom. The molecule has 2 N–H and O–H groups in total. The molecule has 0 saturated carbocycles. The Balaban J connectivity index is 1.60. The number of benzene rings is 2. The molecule has 132 valence electrons. The summed E-state index contributed by atoms with van der Waals surface area (Å²) in [7, 11) is 0. The number of rotatable bonds is 5. The molecular formula is C19H14ClF2N3O. The van der Waals surface area contributed by atoms with Gasteiger partial charge in [0, 0.05) is 5.69 Å². The van der Waals surface area contributed by atoms with Crippen molar-refractivity contribution in [2.75, 3.05) is 10.6 Å². The second-order valence-corrected chi connectivity index (χ2v) is 5.95. The van der Waals surface area contributed by atoms with E-state index in [1.54, 1.807) is 24.3 Å². The van der Waals surface area contributed by atoms with Gasteiger partial charge in [-0.25, -0.2) is 13.8 Å². The minimum absolute atomic E-state index is 0.0104. The van der Waals surface area contributed by atoms with Crippen LogP contribution in [-0.2, 0) is 11.2 Å². The highest BCUT2D eigenvalue weighted by molar-refractivity contribution is 6.31. The SMILES string of the molecule is O=C(Cc1cccc(F)c1)Nc1ccc(Nc2ccc(F)c(Cl)c2)nc1. The molecule has 1 heterocycles. The monoisotopic (exact) mass is 373 g/mol. The van der Waals surface area contributed by atoms with E-state index in [9.17, 15) is 13.6 Å². The topological polar surface area (TPSA) is 54.0 Å². The van der Waals surface area contributed by atoms with Crippen molar-refractivity contribution < 1.29 is 13.6 Å². The van der Waals surface area contributed by atoms with Crippen molar-refractivity contribution in [3.8, 4) is 0 Å². The average Bonchev–Trinajstić information content (AvgIpc) is 2.60. The summed E-state index contributed by atoms with van der Waals surface area (Å²) in [5, 5.41) is 5.69. The van der Waals surface area contributed by atoms with E-state index in [0.29, 0.717) is 22.8 Å². The molecule has 0 aliphatic carbocycles. The first-order chi connectivity index (χ1) is 12.5. The van der Waals surface area contributed by atoms with Gasteiger partial charge in [0.1, 0.15) is 17.5 Å². The van der Waals surface area contributed by atoms with Crippen LogP contribution in [0.2, 0.25) is 5.02 Å². The summed E-state index contributed by atoms with van der Waals surface area (Å²) in [5.41, 5.74) is 1.68. The first-order valence-corrected chi connectivity index (χ1v) is 8.10. The van der Waals surface area contributed by atoms with Gasteiger partial charge in [0.05, 0.1) is 23.3 Å². The molecule has 3 rings (SSSR count). The van der Waals surface area contributed by atoms with Gasteiger partial charge in [-0.05, 0) is 48.0 Å². The van der Waals surface area contributed by atoms with Crippen molar-refractivity contribution in [3.63, 3.8) is 0 Å². The zero-order chi connectivity index (χ0) is 18.5. The summed E-state index contributed by atoms with van der Waals surface area (Å²) in [4.78, 5) is 16.2. The molecule has 0 saturated heterocycles. The average molecular weight is 374 g/mol. The molecule has 0 unspecified atom stereocenters. The molecule has 4 nitrogen and oxygen atoms in total. The van der Waals surface area contributed by atoms with Crippen LogP contribution in [0.3, 0.4) is 0 Å². The van der Waals surface area contributed by atoms with Gasteiger partial charge in [0.15, 0.2) is 0 Å². The van der Waals surface area contributed by atoms with Crippen LogP contribution in [-0.4, -0.2) is 10.9 Å². The molecule has 0 radical (unpaired) electrons. The van der Waals surface area contributed by atoms with E-state index < -0.39 is 5.82 Å². The smallest absolute Gasteiger partial charge is 0.228 e. The molecule has 7 heteroatoms. The van der Waals surface area contributed by atoms with Crippen LogP contribution in [0.25, 0.3) is 0 Å². The zero-order valence-corrected chi connectivity index (χ0v) is 14.2. The Hall–Kier alpha value is -2.99. The fourth-order valence-corrected chi connectivity index (χ4v) is 2.48. The maximum Gasteiger partial charge on any atom is 0.228 e. The summed E-state index contributed by atoms with van der Waals surface area (Å²) in [6.45, 7) is 0. The molecule has 0 bridgehead atoms.